The van der Waals surface area contributed by atoms with Crippen molar-refractivity contribution in [2.24, 2.45) is 0 Å². The third kappa shape index (κ3) is 3.68. The second-order valence-corrected chi connectivity index (χ2v) is 9.46. The lowest BCUT2D eigenvalue weighted by Crippen LogP contribution is -2.22. The number of anilines is 1. The van der Waals surface area contributed by atoms with Crippen molar-refractivity contribution in [2.45, 2.75) is 29.9 Å². The van der Waals surface area contributed by atoms with Gasteiger partial charge in [0.25, 0.3) is 0 Å². The third-order valence-electron chi connectivity index (χ3n) is 4.76. The van der Waals surface area contributed by atoms with Crippen molar-refractivity contribution in [1.29, 1.82) is 5.26 Å². The molecule has 1 aliphatic rings. The van der Waals surface area contributed by atoms with Gasteiger partial charge in [-0.1, -0.05) is 35.9 Å². The summed E-state index contributed by atoms with van der Waals surface area (Å²) in [6, 6.07) is 18.0. The molecular formula is C22H17ClN2OS2. The highest BCUT2D eigenvalue weighted by atomic mass is 35.5. The topological polar surface area (TPSA) is 52.9 Å². The molecule has 1 unspecified atom stereocenters. The van der Waals surface area contributed by atoms with Crippen LogP contribution in [0, 0.1) is 11.3 Å². The Balaban J connectivity index is 1.57. The van der Waals surface area contributed by atoms with Gasteiger partial charge in [0.2, 0.25) is 5.91 Å². The molecule has 1 aromatic heterocycles. The van der Waals surface area contributed by atoms with Crippen LogP contribution in [0.15, 0.2) is 53.4 Å². The first-order valence-electron chi connectivity index (χ1n) is 8.94. The molecule has 0 saturated carbocycles. The fraction of sp³-hybridized carbons (Fsp3) is 0.182. The van der Waals surface area contributed by atoms with Crippen LogP contribution in [0.3, 0.4) is 0 Å². The predicted molar refractivity (Wildman–Crippen MR) is 117 cm³/mol. The SMILES string of the molecule is CC(Sc1ccc(Cl)cc1)C(=O)Nc1sc2c(c1C#N)CCc1ccccc1-2. The fourth-order valence-corrected chi connectivity index (χ4v) is 5.59. The second-order valence-electron chi connectivity index (χ2n) is 6.59. The number of nitrogens with one attached hydrogen (secondary N) is 1. The molecule has 28 heavy (non-hydrogen) atoms. The average Bonchev–Trinajstić information content (AvgIpc) is 3.07. The number of thioether (sulfide) groups is 1. The van der Waals surface area contributed by atoms with Gasteiger partial charge < -0.3 is 5.32 Å². The number of thiophene rings is 1. The van der Waals surface area contributed by atoms with Crippen LogP contribution in [0.25, 0.3) is 10.4 Å². The zero-order valence-electron chi connectivity index (χ0n) is 15.2. The molecule has 0 bridgehead atoms. The summed E-state index contributed by atoms with van der Waals surface area (Å²) < 4.78 is 0. The minimum Gasteiger partial charge on any atom is -0.316 e. The summed E-state index contributed by atoms with van der Waals surface area (Å²) >= 11 is 8.89. The Morgan fingerprint density at radius 1 is 1.21 bits per heavy atom. The van der Waals surface area contributed by atoms with Gasteiger partial charge in [-0.3, -0.25) is 4.79 Å². The van der Waals surface area contributed by atoms with Crippen LogP contribution in [-0.4, -0.2) is 11.2 Å². The lowest BCUT2D eigenvalue weighted by molar-refractivity contribution is -0.115. The molecule has 3 nitrogen and oxygen atoms in total. The molecule has 0 radical (unpaired) electrons. The molecule has 1 aliphatic carbocycles. The van der Waals surface area contributed by atoms with E-state index in [-0.39, 0.29) is 11.2 Å². The van der Waals surface area contributed by atoms with Crippen molar-refractivity contribution < 1.29 is 4.79 Å². The average molecular weight is 425 g/mol. The van der Waals surface area contributed by atoms with Gasteiger partial charge in [-0.15, -0.1) is 23.1 Å². The van der Waals surface area contributed by atoms with Crippen molar-refractivity contribution in [2.75, 3.05) is 5.32 Å². The predicted octanol–water partition coefficient (Wildman–Crippen LogP) is 6.16. The smallest absolute Gasteiger partial charge is 0.238 e. The highest BCUT2D eigenvalue weighted by Gasteiger charge is 2.26. The Hall–Kier alpha value is -2.26. The number of hydrogen-bond donors (Lipinski definition) is 1. The normalized spacial score (nSPS) is 13.2. The Labute approximate surface area is 177 Å². The number of carbonyl (C=O) groups is 1. The first-order chi connectivity index (χ1) is 13.6. The van der Waals surface area contributed by atoms with E-state index in [2.05, 4.69) is 23.5 Å². The number of halogens is 1. The van der Waals surface area contributed by atoms with Crippen molar-refractivity contribution in [1.82, 2.24) is 0 Å². The van der Waals surface area contributed by atoms with Crippen LogP contribution in [0.2, 0.25) is 5.02 Å². The number of aryl methyl sites for hydroxylation is 1. The van der Waals surface area contributed by atoms with Crippen LogP contribution < -0.4 is 5.32 Å². The molecule has 4 rings (SSSR count). The lowest BCUT2D eigenvalue weighted by atomic mass is 9.90. The number of rotatable bonds is 4. The number of nitrogens with zero attached hydrogens (tertiary/aromatic N) is 1. The van der Waals surface area contributed by atoms with Crippen molar-refractivity contribution >= 4 is 45.6 Å². The minimum atomic E-state index is -0.292. The summed E-state index contributed by atoms with van der Waals surface area (Å²) in [7, 11) is 0. The van der Waals surface area contributed by atoms with E-state index in [9.17, 15) is 10.1 Å². The van der Waals surface area contributed by atoms with Gasteiger partial charge in [-0.2, -0.15) is 5.26 Å². The molecule has 2 aromatic carbocycles. The van der Waals surface area contributed by atoms with Crippen molar-refractivity contribution in [3.8, 4) is 16.5 Å². The van der Waals surface area contributed by atoms with Gasteiger partial charge in [0, 0.05) is 14.8 Å². The van der Waals surface area contributed by atoms with E-state index >= 15 is 0 Å². The van der Waals surface area contributed by atoms with E-state index in [0.29, 0.717) is 15.6 Å². The molecule has 0 fully saturated rings. The number of nitriles is 1. The molecule has 1 atom stereocenters. The van der Waals surface area contributed by atoms with Gasteiger partial charge in [0.05, 0.1) is 10.8 Å². The van der Waals surface area contributed by atoms with E-state index < -0.39 is 0 Å². The summed E-state index contributed by atoms with van der Waals surface area (Å²) in [5.41, 5.74) is 4.13. The first-order valence-corrected chi connectivity index (χ1v) is 11.0. The van der Waals surface area contributed by atoms with E-state index in [0.717, 1.165) is 28.2 Å². The van der Waals surface area contributed by atoms with Crippen molar-refractivity contribution in [3.63, 3.8) is 0 Å². The number of hydrogen-bond acceptors (Lipinski definition) is 4. The maximum atomic E-state index is 12.7. The maximum Gasteiger partial charge on any atom is 0.238 e. The number of fused-ring (bicyclic) bond motifs is 3. The summed E-state index contributed by atoms with van der Waals surface area (Å²) in [4.78, 5) is 14.8. The lowest BCUT2D eigenvalue weighted by Gasteiger charge is -2.15. The minimum absolute atomic E-state index is 0.108. The van der Waals surface area contributed by atoms with E-state index in [1.807, 2.05) is 43.3 Å². The van der Waals surface area contributed by atoms with E-state index in [1.165, 1.54) is 34.2 Å². The van der Waals surface area contributed by atoms with Gasteiger partial charge in [-0.05, 0) is 60.7 Å². The van der Waals surface area contributed by atoms with Gasteiger partial charge >= 0.3 is 0 Å². The van der Waals surface area contributed by atoms with Crippen LogP contribution in [0.5, 0.6) is 0 Å². The first kappa shape index (κ1) is 19.1. The van der Waals surface area contributed by atoms with E-state index in [1.54, 1.807) is 0 Å². The highest BCUT2D eigenvalue weighted by molar-refractivity contribution is 8.00. The molecule has 1 amide bonds. The molecule has 0 saturated heterocycles. The van der Waals surface area contributed by atoms with Crippen molar-refractivity contribution in [3.05, 3.63) is 70.2 Å². The van der Waals surface area contributed by atoms with Crippen LogP contribution in [0.1, 0.15) is 23.6 Å². The molecule has 1 heterocycles. The summed E-state index contributed by atoms with van der Waals surface area (Å²) in [6.45, 7) is 1.86. The van der Waals surface area contributed by atoms with Crippen LogP contribution >= 0.6 is 34.7 Å². The number of benzene rings is 2. The standard InChI is InChI=1S/C22H17ClN2OS2/c1-13(27-16-9-7-15(23)8-10-16)21(26)25-22-19(12-24)18-11-6-14-4-2-3-5-17(14)20(18)28-22/h2-5,7-10,13H,6,11H2,1H3,(H,25,26). The van der Waals surface area contributed by atoms with Crippen LogP contribution in [0.4, 0.5) is 5.00 Å². The third-order valence-corrected chi connectivity index (χ3v) is 7.30. The quantitative estimate of drug-likeness (QED) is 0.510. The zero-order chi connectivity index (χ0) is 19.7. The summed E-state index contributed by atoms with van der Waals surface area (Å²) in [5.74, 6) is -0.108. The fourth-order valence-electron chi connectivity index (χ4n) is 3.33. The summed E-state index contributed by atoms with van der Waals surface area (Å²) in [6.07, 6.45) is 1.75. The Morgan fingerprint density at radius 2 is 1.96 bits per heavy atom. The monoisotopic (exact) mass is 424 g/mol. The number of amides is 1. The second kappa shape index (κ2) is 8.00. The van der Waals surface area contributed by atoms with E-state index in [4.69, 9.17) is 11.6 Å². The zero-order valence-corrected chi connectivity index (χ0v) is 17.5. The highest BCUT2D eigenvalue weighted by Crippen LogP contribution is 2.45. The number of carbonyl (C=O) groups excluding carboxylic acids is 1. The largest absolute Gasteiger partial charge is 0.316 e. The maximum absolute atomic E-state index is 12.7. The Bertz CT molecular complexity index is 1080. The molecule has 0 spiro atoms. The van der Waals surface area contributed by atoms with Gasteiger partial charge in [0.15, 0.2) is 0 Å². The molecule has 0 aliphatic heterocycles. The Kier molecular flexibility index (Phi) is 5.45. The molecule has 1 N–H and O–H groups in total. The van der Waals surface area contributed by atoms with Crippen LogP contribution in [-0.2, 0) is 17.6 Å². The Morgan fingerprint density at radius 3 is 2.71 bits per heavy atom. The molecule has 6 heteroatoms. The van der Waals surface area contributed by atoms with Gasteiger partial charge in [-0.25, -0.2) is 0 Å². The van der Waals surface area contributed by atoms with Gasteiger partial charge in [0.1, 0.15) is 11.1 Å². The molecular weight excluding hydrogens is 408 g/mol. The molecule has 3 aromatic rings. The summed E-state index contributed by atoms with van der Waals surface area (Å²) in [5, 5.41) is 13.7. The molecule has 140 valence electrons.